The molecule has 2 unspecified atom stereocenters. The number of morpholine rings is 1. The number of hydrogen-bond acceptors (Lipinski definition) is 5. The van der Waals surface area contributed by atoms with Crippen LogP contribution in [0.3, 0.4) is 0 Å². The number of amides is 2. The lowest BCUT2D eigenvalue weighted by Crippen LogP contribution is -2.41. The van der Waals surface area contributed by atoms with Crippen molar-refractivity contribution in [3.8, 4) is 0 Å². The van der Waals surface area contributed by atoms with Crippen LogP contribution in [0, 0.1) is 5.92 Å². The van der Waals surface area contributed by atoms with E-state index < -0.39 is 0 Å². The van der Waals surface area contributed by atoms with Crippen LogP contribution in [0.25, 0.3) is 0 Å². The fourth-order valence-electron chi connectivity index (χ4n) is 3.51. The Morgan fingerprint density at radius 3 is 2.38 bits per heavy atom. The van der Waals surface area contributed by atoms with Gasteiger partial charge in [-0.3, -0.25) is 14.5 Å². The van der Waals surface area contributed by atoms with Crippen molar-refractivity contribution < 1.29 is 14.3 Å². The second kappa shape index (κ2) is 9.12. The van der Waals surface area contributed by atoms with Gasteiger partial charge in [0.25, 0.3) is 0 Å². The van der Waals surface area contributed by atoms with Gasteiger partial charge in [-0.1, -0.05) is 6.42 Å². The van der Waals surface area contributed by atoms with E-state index in [1.807, 2.05) is 12.1 Å². The number of ether oxygens (including phenoxy) is 1. The molecule has 0 radical (unpaired) electrons. The number of carbonyl (C=O) groups excluding carboxylic acids is 2. The summed E-state index contributed by atoms with van der Waals surface area (Å²) < 4.78 is 5.28. The molecular weight excluding hydrogens is 332 g/mol. The highest BCUT2D eigenvalue weighted by Crippen LogP contribution is 2.24. The molecule has 2 fully saturated rings. The quantitative estimate of drug-likeness (QED) is 0.738. The molecule has 1 saturated carbocycles. The maximum absolute atomic E-state index is 12.3. The highest BCUT2D eigenvalue weighted by atomic mass is 16.5. The van der Waals surface area contributed by atoms with Crippen molar-refractivity contribution >= 4 is 23.2 Å². The van der Waals surface area contributed by atoms with Gasteiger partial charge in [-0.2, -0.15) is 0 Å². The second-order valence-electron chi connectivity index (χ2n) is 7.13. The molecule has 26 heavy (non-hydrogen) atoms. The van der Waals surface area contributed by atoms with Gasteiger partial charge in [0.1, 0.15) is 0 Å². The van der Waals surface area contributed by atoms with Gasteiger partial charge in [-0.05, 0) is 43.5 Å². The number of nitrogens with two attached hydrogens (primary N) is 1. The molecule has 0 aromatic heterocycles. The minimum atomic E-state index is -0.0418. The lowest BCUT2D eigenvalue weighted by Gasteiger charge is -2.26. The molecule has 1 heterocycles. The standard InChI is InChI=1S/C19H28N4O3/c20-15-3-1-2-14(12-15)19(25)22-17-6-4-16(5-7-17)21-18(24)13-23-8-10-26-11-9-23/h4-7,14-15H,1-3,8-13,20H2,(H,21,24)(H,22,25). The minimum absolute atomic E-state index is 0.00773. The predicted octanol–water partition coefficient (Wildman–Crippen LogP) is 1.41. The number of rotatable bonds is 5. The molecule has 1 aliphatic carbocycles. The summed E-state index contributed by atoms with van der Waals surface area (Å²) in [6.07, 6.45) is 3.66. The minimum Gasteiger partial charge on any atom is -0.379 e. The van der Waals surface area contributed by atoms with Crippen molar-refractivity contribution in [2.45, 2.75) is 31.7 Å². The average Bonchev–Trinajstić information content (AvgIpc) is 2.64. The van der Waals surface area contributed by atoms with Gasteiger partial charge in [0.2, 0.25) is 11.8 Å². The van der Waals surface area contributed by atoms with E-state index in [-0.39, 0.29) is 23.8 Å². The van der Waals surface area contributed by atoms with Crippen molar-refractivity contribution in [2.75, 3.05) is 43.5 Å². The molecule has 0 bridgehead atoms. The molecule has 1 saturated heterocycles. The summed E-state index contributed by atoms with van der Waals surface area (Å²) in [4.78, 5) is 26.5. The fourth-order valence-corrected chi connectivity index (χ4v) is 3.51. The molecular formula is C19H28N4O3. The number of benzene rings is 1. The molecule has 2 amide bonds. The predicted molar refractivity (Wildman–Crippen MR) is 101 cm³/mol. The van der Waals surface area contributed by atoms with Crippen LogP contribution in [0.15, 0.2) is 24.3 Å². The Kier molecular flexibility index (Phi) is 6.60. The van der Waals surface area contributed by atoms with Crippen LogP contribution in [-0.4, -0.2) is 55.6 Å². The van der Waals surface area contributed by atoms with Crippen molar-refractivity contribution in [2.24, 2.45) is 11.7 Å². The smallest absolute Gasteiger partial charge is 0.238 e. The molecule has 142 valence electrons. The lowest BCUT2D eigenvalue weighted by molar-refractivity contribution is -0.121. The van der Waals surface area contributed by atoms with Gasteiger partial charge in [0.15, 0.2) is 0 Å². The lowest BCUT2D eigenvalue weighted by atomic mass is 9.85. The van der Waals surface area contributed by atoms with E-state index in [1.54, 1.807) is 12.1 Å². The first kappa shape index (κ1) is 18.8. The first-order chi connectivity index (χ1) is 12.6. The zero-order valence-electron chi connectivity index (χ0n) is 15.1. The van der Waals surface area contributed by atoms with Gasteiger partial charge in [-0.15, -0.1) is 0 Å². The Labute approximate surface area is 154 Å². The van der Waals surface area contributed by atoms with Gasteiger partial charge < -0.3 is 21.1 Å². The van der Waals surface area contributed by atoms with Crippen LogP contribution in [0.1, 0.15) is 25.7 Å². The Balaban J connectivity index is 1.46. The number of nitrogens with zero attached hydrogens (tertiary/aromatic N) is 1. The first-order valence-corrected chi connectivity index (χ1v) is 9.36. The molecule has 4 N–H and O–H groups in total. The van der Waals surface area contributed by atoms with Gasteiger partial charge in [0.05, 0.1) is 19.8 Å². The topological polar surface area (TPSA) is 96.7 Å². The normalized spacial score (nSPS) is 24.0. The Morgan fingerprint density at radius 1 is 1.08 bits per heavy atom. The molecule has 2 aliphatic rings. The van der Waals surface area contributed by atoms with Crippen LogP contribution in [0.2, 0.25) is 0 Å². The third-order valence-corrected chi connectivity index (χ3v) is 4.99. The van der Waals surface area contributed by atoms with Crippen LogP contribution >= 0.6 is 0 Å². The van der Waals surface area contributed by atoms with Crippen LogP contribution < -0.4 is 16.4 Å². The molecule has 7 nitrogen and oxygen atoms in total. The number of carbonyl (C=O) groups is 2. The summed E-state index contributed by atoms with van der Waals surface area (Å²) in [6.45, 7) is 3.28. The van der Waals surface area contributed by atoms with Crippen LogP contribution in [0.4, 0.5) is 11.4 Å². The maximum atomic E-state index is 12.3. The Hall–Kier alpha value is -1.96. The number of hydrogen-bond donors (Lipinski definition) is 3. The largest absolute Gasteiger partial charge is 0.379 e. The van der Waals surface area contributed by atoms with Gasteiger partial charge in [0, 0.05) is 36.4 Å². The van der Waals surface area contributed by atoms with E-state index >= 15 is 0 Å². The highest BCUT2D eigenvalue weighted by Gasteiger charge is 2.25. The van der Waals surface area contributed by atoms with E-state index in [0.29, 0.717) is 19.8 Å². The van der Waals surface area contributed by atoms with Crippen molar-refractivity contribution in [1.82, 2.24) is 4.90 Å². The molecule has 1 aliphatic heterocycles. The summed E-state index contributed by atoms with van der Waals surface area (Å²) in [7, 11) is 0. The van der Waals surface area contributed by atoms with E-state index in [1.165, 1.54) is 0 Å². The number of nitrogens with one attached hydrogen (secondary N) is 2. The molecule has 7 heteroatoms. The zero-order chi connectivity index (χ0) is 18.4. The van der Waals surface area contributed by atoms with E-state index in [4.69, 9.17) is 10.5 Å². The fraction of sp³-hybridized carbons (Fsp3) is 0.579. The monoisotopic (exact) mass is 360 g/mol. The molecule has 0 spiro atoms. The molecule has 1 aromatic rings. The Bertz CT molecular complexity index is 614. The van der Waals surface area contributed by atoms with E-state index in [0.717, 1.165) is 50.1 Å². The van der Waals surface area contributed by atoms with Gasteiger partial charge in [-0.25, -0.2) is 0 Å². The van der Waals surface area contributed by atoms with Crippen LogP contribution in [0.5, 0.6) is 0 Å². The third-order valence-electron chi connectivity index (χ3n) is 4.99. The third kappa shape index (κ3) is 5.52. The summed E-state index contributed by atoms with van der Waals surface area (Å²) in [5.41, 5.74) is 7.42. The molecule has 2 atom stereocenters. The zero-order valence-corrected chi connectivity index (χ0v) is 15.1. The summed E-state index contributed by atoms with van der Waals surface area (Å²) >= 11 is 0. The second-order valence-corrected chi connectivity index (χ2v) is 7.13. The van der Waals surface area contributed by atoms with E-state index in [9.17, 15) is 9.59 Å². The first-order valence-electron chi connectivity index (χ1n) is 9.36. The average molecular weight is 360 g/mol. The number of anilines is 2. The SMILES string of the molecule is NC1CCCC(C(=O)Nc2ccc(NC(=O)CN3CCOCC3)cc2)C1. The summed E-state index contributed by atoms with van der Waals surface area (Å²) in [5, 5.41) is 5.84. The summed E-state index contributed by atoms with van der Waals surface area (Å²) in [5.74, 6) is -0.0178. The van der Waals surface area contributed by atoms with Crippen molar-refractivity contribution in [3.05, 3.63) is 24.3 Å². The van der Waals surface area contributed by atoms with Crippen LogP contribution in [-0.2, 0) is 14.3 Å². The molecule has 3 rings (SSSR count). The van der Waals surface area contributed by atoms with Gasteiger partial charge >= 0.3 is 0 Å². The van der Waals surface area contributed by atoms with E-state index in [2.05, 4.69) is 15.5 Å². The maximum Gasteiger partial charge on any atom is 0.238 e. The molecule has 1 aromatic carbocycles. The van der Waals surface area contributed by atoms with Crippen molar-refractivity contribution in [3.63, 3.8) is 0 Å². The highest BCUT2D eigenvalue weighted by molar-refractivity contribution is 5.94. The van der Waals surface area contributed by atoms with Crippen molar-refractivity contribution in [1.29, 1.82) is 0 Å². The Morgan fingerprint density at radius 2 is 1.73 bits per heavy atom. The summed E-state index contributed by atoms with van der Waals surface area (Å²) in [6, 6.07) is 7.36.